The van der Waals surface area contributed by atoms with Gasteiger partial charge in [0.1, 0.15) is 0 Å². The fourth-order valence-electron chi connectivity index (χ4n) is 2.20. The number of nitrogens with zero attached hydrogens (tertiary/aromatic N) is 1. The maximum Gasteiger partial charge on any atom is 0.397 e. The van der Waals surface area contributed by atoms with Gasteiger partial charge in [0.2, 0.25) is 0 Å². The van der Waals surface area contributed by atoms with Gasteiger partial charge in [0.05, 0.1) is 19.6 Å². The molecule has 1 aliphatic heterocycles. The van der Waals surface area contributed by atoms with E-state index in [4.69, 9.17) is 9.47 Å². The minimum absolute atomic E-state index is 0.138. The molecule has 0 radical (unpaired) electrons. The van der Waals surface area contributed by atoms with Gasteiger partial charge in [-0.2, -0.15) is 0 Å². The summed E-state index contributed by atoms with van der Waals surface area (Å²) in [7, 11) is 0. The Kier molecular flexibility index (Phi) is 6.32. The van der Waals surface area contributed by atoms with Gasteiger partial charge in [0, 0.05) is 12.6 Å². The smallest absolute Gasteiger partial charge is 0.397 e. The molecule has 1 fully saturated rings. The van der Waals surface area contributed by atoms with Crippen molar-refractivity contribution >= 4 is 17.8 Å². The van der Waals surface area contributed by atoms with E-state index < -0.39 is 11.9 Å². The van der Waals surface area contributed by atoms with Crippen molar-refractivity contribution in [1.82, 2.24) is 4.90 Å². The van der Waals surface area contributed by atoms with E-state index in [0.29, 0.717) is 19.6 Å². The second-order valence-corrected chi connectivity index (χ2v) is 4.38. The molecule has 0 aliphatic carbocycles. The summed E-state index contributed by atoms with van der Waals surface area (Å²) in [6.07, 6.45) is 2.63. The molecule has 108 valence electrons. The van der Waals surface area contributed by atoms with Gasteiger partial charge in [-0.05, 0) is 33.1 Å². The largest absolute Gasteiger partial charge is 0.466 e. The summed E-state index contributed by atoms with van der Waals surface area (Å²) in [6.45, 7) is 4.36. The van der Waals surface area contributed by atoms with Crippen LogP contribution in [0.5, 0.6) is 0 Å². The first-order chi connectivity index (χ1) is 9.10. The number of rotatable bonds is 4. The first-order valence-electron chi connectivity index (χ1n) is 6.73. The number of esters is 2. The summed E-state index contributed by atoms with van der Waals surface area (Å²) in [6, 6.07) is -0.260. The second-order valence-electron chi connectivity index (χ2n) is 4.38. The van der Waals surface area contributed by atoms with E-state index in [0.717, 1.165) is 12.8 Å². The Morgan fingerprint density at radius 3 is 2.42 bits per heavy atom. The van der Waals surface area contributed by atoms with Crippen LogP contribution in [0.2, 0.25) is 0 Å². The number of ether oxygens (including phenoxy) is 2. The predicted molar refractivity (Wildman–Crippen MR) is 67.2 cm³/mol. The molecule has 0 N–H and O–H groups in total. The molecule has 1 amide bonds. The first-order valence-corrected chi connectivity index (χ1v) is 6.73. The molecular weight excluding hydrogens is 250 g/mol. The summed E-state index contributed by atoms with van der Waals surface area (Å²) in [5.74, 6) is -1.84. The van der Waals surface area contributed by atoms with Crippen LogP contribution in [0.1, 0.15) is 39.5 Å². The quantitative estimate of drug-likeness (QED) is 0.560. The lowest BCUT2D eigenvalue weighted by molar-refractivity contribution is -0.162. The van der Waals surface area contributed by atoms with Crippen molar-refractivity contribution in [3.05, 3.63) is 0 Å². The van der Waals surface area contributed by atoms with Gasteiger partial charge in [-0.1, -0.05) is 0 Å². The molecule has 0 bridgehead atoms. The first kappa shape index (κ1) is 15.5. The van der Waals surface area contributed by atoms with Gasteiger partial charge in [-0.3, -0.25) is 9.59 Å². The number of hydrogen-bond acceptors (Lipinski definition) is 5. The Balaban J connectivity index is 2.64. The molecule has 1 heterocycles. The fourth-order valence-corrected chi connectivity index (χ4v) is 2.20. The minimum atomic E-state index is -0.849. The zero-order chi connectivity index (χ0) is 14.3. The molecule has 1 atom stereocenters. The zero-order valence-corrected chi connectivity index (χ0v) is 11.5. The molecule has 1 aliphatic rings. The highest BCUT2D eigenvalue weighted by molar-refractivity contribution is 6.32. The van der Waals surface area contributed by atoms with E-state index in [1.54, 1.807) is 13.8 Å². The topological polar surface area (TPSA) is 72.9 Å². The van der Waals surface area contributed by atoms with Gasteiger partial charge in [0.25, 0.3) is 0 Å². The molecule has 0 aromatic rings. The predicted octanol–water partition coefficient (Wildman–Crippen LogP) is 0.884. The molecule has 6 heteroatoms. The molecule has 0 saturated carbocycles. The van der Waals surface area contributed by atoms with Crippen molar-refractivity contribution in [3.63, 3.8) is 0 Å². The average molecular weight is 271 g/mol. The number of amides is 1. The molecule has 0 aromatic carbocycles. The van der Waals surface area contributed by atoms with Crippen LogP contribution in [0.15, 0.2) is 0 Å². The molecular formula is C13H21NO5. The summed E-state index contributed by atoms with van der Waals surface area (Å²) < 4.78 is 9.60. The average Bonchev–Trinajstić information content (AvgIpc) is 2.39. The Morgan fingerprint density at radius 2 is 1.79 bits per heavy atom. The van der Waals surface area contributed by atoms with Crippen LogP contribution in [0.4, 0.5) is 0 Å². The molecule has 1 unspecified atom stereocenters. The fraction of sp³-hybridized carbons (Fsp3) is 0.769. The van der Waals surface area contributed by atoms with Crippen LogP contribution in [0, 0.1) is 0 Å². The van der Waals surface area contributed by atoms with Crippen molar-refractivity contribution < 1.29 is 23.9 Å². The van der Waals surface area contributed by atoms with Gasteiger partial charge in [0.15, 0.2) is 0 Å². The van der Waals surface area contributed by atoms with Gasteiger partial charge >= 0.3 is 17.8 Å². The van der Waals surface area contributed by atoms with Crippen molar-refractivity contribution in [2.75, 3.05) is 19.8 Å². The van der Waals surface area contributed by atoms with Crippen LogP contribution >= 0.6 is 0 Å². The monoisotopic (exact) mass is 271 g/mol. The van der Waals surface area contributed by atoms with E-state index >= 15 is 0 Å². The molecule has 6 nitrogen and oxygen atoms in total. The van der Waals surface area contributed by atoms with E-state index in [9.17, 15) is 14.4 Å². The van der Waals surface area contributed by atoms with E-state index in [1.807, 2.05) is 0 Å². The number of piperidine rings is 1. The van der Waals surface area contributed by atoms with Gasteiger partial charge < -0.3 is 14.4 Å². The Hall–Kier alpha value is -1.59. The Morgan fingerprint density at radius 1 is 1.11 bits per heavy atom. The number of likely N-dealkylation sites (tertiary alicyclic amines) is 1. The zero-order valence-electron chi connectivity index (χ0n) is 11.5. The number of hydrogen-bond donors (Lipinski definition) is 0. The standard InChI is InChI=1S/C13H21NO5/c1-3-18-11(15)9-10-7-5-6-8-14(10)12(16)13(17)19-4-2/h10H,3-9H2,1-2H3. The summed E-state index contributed by atoms with van der Waals surface area (Å²) in [4.78, 5) is 36.3. The maximum atomic E-state index is 11.9. The second kappa shape index (κ2) is 7.76. The lowest BCUT2D eigenvalue weighted by atomic mass is 9.99. The third-order valence-electron chi connectivity index (χ3n) is 3.05. The van der Waals surface area contributed by atoms with Crippen LogP contribution in [0.25, 0.3) is 0 Å². The highest BCUT2D eigenvalue weighted by Crippen LogP contribution is 2.20. The van der Waals surface area contributed by atoms with Crippen molar-refractivity contribution in [3.8, 4) is 0 Å². The molecule has 0 aromatic heterocycles. The van der Waals surface area contributed by atoms with Crippen molar-refractivity contribution in [2.45, 2.75) is 45.6 Å². The maximum absolute atomic E-state index is 11.9. The number of carbonyl (C=O) groups is 3. The third kappa shape index (κ3) is 4.54. The van der Waals surface area contributed by atoms with E-state index in [2.05, 4.69) is 0 Å². The highest BCUT2D eigenvalue weighted by Gasteiger charge is 2.33. The lowest BCUT2D eigenvalue weighted by Gasteiger charge is -2.34. The Labute approximate surface area is 113 Å². The minimum Gasteiger partial charge on any atom is -0.466 e. The van der Waals surface area contributed by atoms with Crippen molar-refractivity contribution in [1.29, 1.82) is 0 Å². The summed E-state index contributed by atoms with van der Waals surface area (Å²) in [5.41, 5.74) is 0. The lowest BCUT2D eigenvalue weighted by Crippen LogP contribution is -2.48. The third-order valence-corrected chi connectivity index (χ3v) is 3.05. The van der Waals surface area contributed by atoms with Crippen LogP contribution in [-0.4, -0.2) is 48.5 Å². The van der Waals surface area contributed by atoms with Crippen molar-refractivity contribution in [2.24, 2.45) is 0 Å². The van der Waals surface area contributed by atoms with Gasteiger partial charge in [-0.15, -0.1) is 0 Å². The van der Waals surface area contributed by atoms with Crippen LogP contribution in [0.3, 0.4) is 0 Å². The van der Waals surface area contributed by atoms with E-state index in [1.165, 1.54) is 4.90 Å². The number of carbonyl (C=O) groups excluding carboxylic acids is 3. The normalized spacial score (nSPS) is 18.8. The summed E-state index contributed by atoms with van der Waals surface area (Å²) in [5, 5.41) is 0. The highest BCUT2D eigenvalue weighted by atomic mass is 16.5. The Bertz CT molecular complexity index is 342. The summed E-state index contributed by atoms with van der Waals surface area (Å²) >= 11 is 0. The SMILES string of the molecule is CCOC(=O)CC1CCCCN1C(=O)C(=O)OCC. The molecule has 0 spiro atoms. The van der Waals surface area contributed by atoms with Crippen LogP contribution < -0.4 is 0 Å². The van der Waals surface area contributed by atoms with Crippen LogP contribution in [-0.2, 0) is 23.9 Å². The van der Waals surface area contributed by atoms with Gasteiger partial charge in [-0.25, -0.2) is 4.79 Å². The molecule has 1 saturated heterocycles. The molecule has 19 heavy (non-hydrogen) atoms. The molecule has 1 rings (SSSR count). The van der Waals surface area contributed by atoms with E-state index in [-0.39, 0.29) is 25.0 Å².